The number of methoxy groups -OCH3 is 1. The maximum atomic E-state index is 9.88. The van der Waals surface area contributed by atoms with Gasteiger partial charge in [0.05, 0.1) is 12.9 Å². The number of esters is 1. The highest BCUT2D eigenvalue weighted by atomic mass is 79.9. The summed E-state index contributed by atoms with van der Waals surface area (Å²) in [5.41, 5.74) is 3.65. The summed E-state index contributed by atoms with van der Waals surface area (Å²) in [6.07, 6.45) is 12.7. The highest BCUT2D eigenvalue weighted by molar-refractivity contribution is 9.10. The van der Waals surface area contributed by atoms with Crippen molar-refractivity contribution in [3.05, 3.63) is 33.8 Å². The molecule has 27 heavy (non-hydrogen) atoms. The SMILES string of the molecule is CCCC(CCC1(CCC)CCC1)c1ccc(Br)c(C)c1.COC(=O)CS. The molecule has 1 aromatic rings. The van der Waals surface area contributed by atoms with Gasteiger partial charge in [-0.1, -0.05) is 61.2 Å². The first kappa shape index (κ1) is 24.6. The van der Waals surface area contributed by atoms with E-state index in [4.69, 9.17) is 0 Å². The van der Waals surface area contributed by atoms with Crippen LogP contribution in [-0.4, -0.2) is 18.8 Å². The highest BCUT2D eigenvalue weighted by Gasteiger charge is 2.35. The van der Waals surface area contributed by atoms with E-state index in [1.807, 2.05) is 0 Å². The van der Waals surface area contributed by atoms with Gasteiger partial charge in [0.1, 0.15) is 0 Å². The van der Waals surface area contributed by atoms with Crippen LogP contribution in [0.5, 0.6) is 0 Å². The molecule has 1 atom stereocenters. The van der Waals surface area contributed by atoms with Crippen molar-refractivity contribution in [1.29, 1.82) is 0 Å². The maximum absolute atomic E-state index is 9.88. The number of carbonyl (C=O) groups is 1. The zero-order valence-electron chi connectivity index (χ0n) is 17.5. The standard InChI is InChI=1S/C20H31Br.C3H6O2S/c1-4-7-17(18-8-9-19(21)16(3)15-18)10-14-20(11-5-2)12-6-13-20;1-5-3(4)2-6/h8-9,15,17H,4-7,10-14H2,1-3H3;6H,2H2,1H3. The molecule has 2 nitrogen and oxygen atoms in total. The quantitative estimate of drug-likeness (QED) is 0.307. The van der Waals surface area contributed by atoms with Gasteiger partial charge in [0.15, 0.2) is 0 Å². The monoisotopic (exact) mass is 456 g/mol. The first-order valence-corrected chi connectivity index (χ1v) is 11.8. The first-order valence-electron chi connectivity index (χ1n) is 10.3. The highest BCUT2D eigenvalue weighted by Crippen LogP contribution is 2.50. The Kier molecular flexibility index (Phi) is 11.7. The van der Waals surface area contributed by atoms with Gasteiger partial charge in [-0.05, 0) is 74.0 Å². The number of halogens is 1. The Morgan fingerprint density at radius 3 is 2.33 bits per heavy atom. The van der Waals surface area contributed by atoms with Crippen molar-refractivity contribution in [2.75, 3.05) is 12.9 Å². The van der Waals surface area contributed by atoms with Crippen LogP contribution >= 0.6 is 28.6 Å². The molecule has 4 heteroatoms. The van der Waals surface area contributed by atoms with E-state index in [9.17, 15) is 4.79 Å². The molecule has 0 spiro atoms. The van der Waals surface area contributed by atoms with Crippen LogP contribution in [0.4, 0.5) is 0 Å². The predicted octanol–water partition coefficient (Wildman–Crippen LogP) is 7.48. The van der Waals surface area contributed by atoms with Crippen LogP contribution in [0.3, 0.4) is 0 Å². The van der Waals surface area contributed by atoms with Crippen LogP contribution < -0.4 is 0 Å². The molecule has 0 N–H and O–H groups in total. The molecule has 1 aliphatic rings. The molecule has 2 rings (SSSR count). The average Bonchev–Trinajstić information content (AvgIpc) is 2.64. The number of carbonyl (C=O) groups excluding carboxylic acids is 1. The number of thiol groups is 1. The Labute approximate surface area is 180 Å². The molecule has 0 radical (unpaired) electrons. The summed E-state index contributed by atoms with van der Waals surface area (Å²) in [5, 5.41) is 0. The van der Waals surface area contributed by atoms with Crippen LogP contribution in [0, 0.1) is 12.3 Å². The lowest BCUT2D eigenvalue weighted by Gasteiger charge is -2.43. The number of hydrogen-bond donors (Lipinski definition) is 1. The molecule has 0 bridgehead atoms. The zero-order valence-corrected chi connectivity index (χ0v) is 20.0. The fourth-order valence-corrected chi connectivity index (χ4v) is 4.50. The molecule has 0 heterocycles. The van der Waals surface area contributed by atoms with Crippen LogP contribution in [0.2, 0.25) is 0 Å². The average molecular weight is 458 g/mol. The van der Waals surface area contributed by atoms with E-state index in [0.29, 0.717) is 5.41 Å². The molecule has 1 fully saturated rings. The second kappa shape index (κ2) is 12.9. The summed E-state index contributed by atoms with van der Waals surface area (Å²) < 4.78 is 5.42. The van der Waals surface area contributed by atoms with Gasteiger partial charge < -0.3 is 4.74 Å². The Hall–Kier alpha value is -0.480. The lowest BCUT2D eigenvalue weighted by atomic mass is 9.62. The Morgan fingerprint density at radius 1 is 1.22 bits per heavy atom. The maximum Gasteiger partial charge on any atom is 0.315 e. The van der Waals surface area contributed by atoms with Crippen molar-refractivity contribution in [2.24, 2.45) is 5.41 Å². The van der Waals surface area contributed by atoms with Crippen LogP contribution in [-0.2, 0) is 9.53 Å². The predicted molar refractivity (Wildman–Crippen MR) is 123 cm³/mol. The van der Waals surface area contributed by atoms with E-state index in [0.717, 1.165) is 5.92 Å². The number of hydrogen-bond acceptors (Lipinski definition) is 3. The van der Waals surface area contributed by atoms with Gasteiger partial charge in [-0.15, -0.1) is 0 Å². The molecule has 1 aromatic carbocycles. The van der Waals surface area contributed by atoms with Gasteiger partial charge in [0.2, 0.25) is 0 Å². The summed E-state index contributed by atoms with van der Waals surface area (Å²) in [4.78, 5) is 9.88. The van der Waals surface area contributed by atoms with Crippen molar-refractivity contribution < 1.29 is 9.53 Å². The largest absolute Gasteiger partial charge is 0.468 e. The normalized spacial score (nSPS) is 15.9. The minimum atomic E-state index is -0.293. The smallest absolute Gasteiger partial charge is 0.315 e. The lowest BCUT2D eigenvalue weighted by Crippen LogP contribution is -2.29. The molecule has 0 aromatic heterocycles. The zero-order chi connectivity index (χ0) is 20.3. The van der Waals surface area contributed by atoms with Crippen molar-refractivity contribution in [3.63, 3.8) is 0 Å². The molecule has 1 unspecified atom stereocenters. The number of benzene rings is 1. The molecule has 0 amide bonds. The van der Waals surface area contributed by atoms with E-state index in [1.165, 1.54) is 74.9 Å². The summed E-state index contributed by atoms with van der Waals surface area (Å²) >= 11 is 7.25. The number of rotatable bonds is 9. The van der Waals surface area contributed by atoms with E-state index in [-0.39, 0.29) is 11.7 Å². The lowest BCUT2D eigenvalue weighted by molar-refractivity contribution is -0.137. The minimum absolute atomic E-state index is 0.163. The van der Waals surface area contributed by atoms with Crippen LogP contribution in [0.15, 0.2) is 22.7 Å². The molecule has 0 aliphatic heterocycles. The van der Waals surface area contributed by atoms with Gasteiger partial charge in [0.25, 0.3) is 0 Å². The summed E-state index contributed by atoms with van der Waals surface area (Å²) in [7, 11) is 1.33. The Balaban J connectivity index is 0.000000527. The fourth-order valence-electron chi connectivity index (χ4n) is 4.13. The third-order valence-electron chi connectivity index (χ3n) is 5.86. The molecule has 0 saturated heterocycles. The van der Waals surface area contributed by atoms with Gasteiger partial charge in [-0.3, -0.25) is 4.79 Å². The second-order valence-corrected chi connectivity index (χ2v) is 9.04. The number of ether oxygens (including phenoxy) is 1. The minimum Gasteiger partial charge on any atom is -0.468 e. The summed E-state index contributed by atoms with van der Waals surface area (Å²) in [6.45, 7) is 6.88. The molecule has 1 saturated carbocycles. The Bertz CT molecular complexity index is 563. The van der Waals surface area contributed by atoms with Gasteiger partial charge >= 0.3 is 5.97 Å². The molecule has 1 aliphatic carbocycles. The third-order valence-corrected chi connectivity index (χ3v) is 7.01. The van der Waals surface area contributed by atoms with Gasteiger partial charge in [-0.2, -0.15) is 12.6 Å². The number of aryl methyl sites for hydroxylation is 1. The van der Waals surface area contributed by atoms with Gasteiger partial charge in [-0.25, -0.2) is 0 Å². The molecule has 154 valence electrons. The van der Waals surface area contributed by atoms with Gasteiger partial charge in [0, 0.05) is 4.47 Å². The topological polar surface area (TPSA) is 26.3 Å². The van der Waals surface area contributed by atoms with E-state index >= 15 is 0 Å². The van der Waals surface area contributed by atoms with Crippen LogP contribution in [0.1, 0.15) is 88.7 Å². The van der Waals surface area contributed by atoms with E-state index < -0.39 is 0 Å². The molecular weight excluding hydrogens is 420 g/mol. The third kappa shape index (κ3) is 8.19. The van der Waals surface area contributed by atoms with Crippen molar-refractivity contribution in [2.45, 2.75) is 84.5 Å². The van der Waals surface area contributed by atoms with E-state index in [2.05, 4.69) is 72.3 Å². The second-order valence-electron chi connectivity index (χ2n) is 7.87. The van der Waals surface area contributed by atoms with Crippen molar-refractivity contribution >= 4 is 34.5 Å². The fraction of sp³-hybridized carbons (Fsp3) is 0.696. The Morgan fingerprint density at radius 2 is 1.93 bits per heavy atom. The first-order chi connectivity index (χ1) is 12.9. The summed E-state index contributed by atoms with van der Waals surface area (Å²) in [5.74, 6) is 0.630. The molecular formula is C23H37BrO2S. The summed E-state index contributed by atoms with van der Waals surface area (Å²) in [6, 6.07) is 6.97. The van der Waals surface area contributed by atoms with Crippen LogP contribution in [0.25, 0.3) is 0 Å². The van der Waals surface area contributed by atoms with Crippen molar-refractivity contribution in [1.82, 2.24) is 0 Å². The van der Waals surface area contributed by atoms with E-state index in [1.54, 1.807) is 5.56 Å². The van der Waals surface area contributed by atoms with Crippen molar-refractivity contribution in [3.8, 4) is 0 Å².